The summed E-state index contributed by atoms with van der Waals surface area (Å²) in [6.07, 6.45) is 0. The third-order valence-electron chi connectivity index (χ3n) is 4.52. The third-order valence-corrected chi connectivity index (χ3v) is 4.52. The molecule has 3 amide bonds. The second-order valence-corrected chi connectivity index (χ2v) is 6.80. The van der Waals surface area contributed by atoms with Crippen molar-refractivity contribution in [3.05, 3.63) is 94.6 Å². The summed E-state index contributed by atoms with van der Waals surface area (Å²) in [6.45, 7) is 0.163. The van der Waals surface area contributed by atoms with Crippen molar-refractivity contribution in [2.45, 2.75) is 6.54 Å². The summed E-state index contributed by atoms with van der Waals surface area (Å²) in [5, 5.41) is 17.7. The van der Waals surface area contributed by atoms with E-state index in [0.717, 1.165) is 23.8 Å². The molecule has 0 heterocycles. The lowest BCUT2D eigenvalue weighted by atomic mass is 10.1. The lowest BCUT2D eigenvalue weighted by Gasteiger charge is -2.10. The van der Waals surface area contributed by atoms with Crippen LogP contribution in [-0.4, -0.2) is 29.9 Å². The maximum absolute atomic E-state index is 13.3. The molecule has 0 atom stereocenters. The van der Waals surface area contributed by atoms with Gasteiger partial charge in [-0.2, -0.15) is 0 Å². The van der Waals surface area contributed by atoms with Crippen molar-refractivity contribution in [2.75, 3.05) is 12.4 Å². The Morgan fingerprint density at radius 3 is 2.06 bits per heavy atom. The average Bonchev–Trinajstić information content (AvgIpc) is 2.76. The molecule has 0 fully saturated rings. The van der Waals surface area contributed by atoms with Gasteiger partial charge in [-0.05, 0) is 42.0 Å². The molecule has 0 radical (unpaired) electrons. The first-order chi connectivity index (χ1) is 15.3. The number of aromatic hydroxyl groups is 1. The van der Waals surface area contributed by atoms with E-state index >= 15 is 0 Å². The lowest BCUT2D eigenvalue weighted by molar-refractivity contribution is 0.0943. The molecule has 3 rings (SSSR count). The highest BCUT2D eigenvalue weighted by molar-refractivity contribution is 6.05. The van der Waals surface area contributed by atoms with E-state index in [2.05, 4.69) is 16.0 Å². The number of amides is 3. The van der Waals surface area contributed by atoms with Crippen LogP contribution in [0.15, 0.2) is 60.7 Å². The molecular weight excluding hydrogens is 420 g/mol. The summed E-state index contributed by atoms with van der Waals surface area (Å²) < 4.78 is 26.6. The number of nitrogens with one attached hydrogen (secondary N) is 3. The number of halogens is 2. The van der Waals surface area contributed by atoms with Gasteiger partial charge in [0.2, 0.25) is 0 Å². The second-order valence-electron chi connectivity index (χ2n) is 6.80. The topological polar surface area (TPSA) is 108 Å². The molecule has 0 aliphatic heterocycles. The van der Waals surface area contributed by atoms with Crippen LogP contribution in [-0.2, 0) is 6.54 Å². The molecule has 0 aliphatic carbocycles. The second kappa shape index (κ2) is 9.69. The van der Waals surface area contributed by atoms with Crippen LogP contribution >= 0.6 is 0 Å². The van der Waals surface area contributed by atoms with E-state index in [1.807, 2.05) is 0 Å². The van der Waals surface area contributed by atoms with Crippen LogP contribution in [0.25, 0.3) is 0 Å². The van der Waals surface area contributed by atoms with E-state index in [1.165, 1.54) is 19.2 Å². The molecule has 3 aromatic carbocycles. The average molecular weight is 439 g/mol. The number of phenolic OH excluding ortho intramolecular Hbond substituents is 1. The van der Waals surface area contributed by atoms with Gasteiger partial charge in [-0.3, -0.25) is 14.4 Å². The van der Waals surface area contributed by atoms with Gasteiger partial charge in [0.05, 0.1) is 5.56 Å². The van der Waals surface area contributed by atoms with Crippen LogP contribution in [0.3, 0.4) is 0 Å². The number of hydrogen-bond donors (Lipinski definition) is 4. The van der Waals surface area contributed by atoms with Gasteiger partial charge in [-0.1, -0.05) is 12.1 Å². The molecule has 0 aromatic heterocycles. The number of rotatable bonds is 6. The number of anilines is 1. The zero-order valence-electron chi connectivity index (χ0n) is 16.9. The Morgan fingerprint density at radius 2 is 1.47 bits per heavy atom. The van der Waals surface area contributed by atoms with Crippen molar-refractivity contribution in [2.24, 2.45) is 0 Å². The maximum atomic E-state index is 13.3. The number of hydrogen-bond acceptors (Lipinski definition) is 4. The zero-order chi connectivity index (χ0) is 23.3. The number of phenols is 1. The minimum atomic E-state index is -0.895. The van der Waals surface area contributed by atoms with Crippen LogP contribution < -0.4 is 16.0 Å². The van der Waals surface area contributed by atoms with Crippen molar-refractivity contribution >= 4 is 23.4 Å². The predicted molar refractivity (Wildman–Crippen MR) is 113 cm³/mol. The number of carbonyl (C=O) groups excluding carboxylic acids is 3. The van der Waals surface area contributed by atoms with E-state index in [0.29, 0.717) is 11.6 Å². The highest BCUT2D eigenvalue weighted by Crippen LogP contribution is 2.23. The van der Waals surface area contributed by atoms with Gasteiger partial charge in [-0.25, -0.2) is 8.78 Å². The third kappa shape index (κ3) is 5.45. The van der Waals surface area contributed by atoms with E-state index in [-0.39, 0.29) is 35.0 Å². The van der Waals surface area contributed by atoms with Gasteiger partial charge < -0.3 is 21.1 Å². The first kappa shape index (κ1) is 22.4. The van der Waals surface area contributed by atoms with E-state index in [1.54, 1.807) is 24.3 Å². The van der Waals surface area contributed by atoms with Crippen LogP contribution in [0.2, 0.25) is 0 Å². The fourth-order valence-electron chi connectivity index (χ4n) is 2.89. The molecule has 4 N–H and O–H groups in total. The van der Waals surface area contributed by atoms with Crippen molar-refractivity contribution in [3.8, 4) is 5.75 Å². The van der Waals surface area contributed by atoms with Crippen LogP contribution in [0.1, 0.15) is 36.6 Å². The smallest absolute Gasteiger partial charge is 0.255 e. The van der Waals surface area contributed by atoms with Crippen molar-refractivity contribution in [1.82, 2.24) is 10.6 Å². The fraction of sp³-hybridized carbons (Fsp3) is 0.0870. The quantitative estimate of drug-likeness (QED) is 0.473. The molecule has 3 aromatic rings. The molecule has 9 heteroatoms. The summed E-state index contributed by atoms with van der Waals surface area (Å²) in [7, 11) is 1.53. The zero-order valence-corrected chi connectivity index (χ0v) is 16.9. The first-order valence-corrected chi connectivity index (χ1v) is 9.46. The highest BCUT2D eigenvalue weighted by atomic mass is 19.1. The Bertz CT molecular complexity index is 1160. The van der Waals surface area contributed by atoms with E-state index < -0.39 is 23.4 Å². The summed E-state index contributed by atoms with van der Waals surface area (Å²) >= 11 is 0. The van der Waals surface area contributed by atoms with Crippen molar-refractivity contribution in [3.63, 3.8) is 0 Å². The Morgan fingerprint density at radius 1 is 0.812 bits per heavy atom. The minimum Gasteiger partial charge on any atom is -0.507 e. The molecule has 0 unspecified atom stereocenters. The molecule has 0 bridgehead atoms. The number of carbonyl (C=O) groups is 3. The summed E-state index contributed by atoms with van der Waals surface area (Å²) in [6, 6.07) is 12.9. The summed E-state index contributed by atoms with van der Waals surface area (Å²) in [5.74, 6) is -3.73. The molecule has 164 valence electrons. The van der Waals surface area contributed by atoms with E-state index in [9.17, 15) is 28.3 Å². The van der Waals surface area contributed by atoms with E-state index in [4.69, 9.17) is 0 Å². The van der Waals surface area contributed by atoms with Crippen LogP contribution in [0.4, 0.5) is 14.5 Å². The van der Waals surface area contributed by atoms with Gasteiger partial charge in [-0.15, -0.1) is 0 Å². The van der Waals surface area contributed by atoms with Gasteiger partial charge in [0, 0.05) is 42.5 Å². The Hall–Kier alpha value is -4.27. The fourth-order valence-corrected chi connectivity index (χ4v) is 2.89. The maximum Gasteiger partial charge on any atom is 0.255 e. The molecule has 0 spiro atoms. The monoisotopic (exact) mass is 439 g/mol. The van der Waals surface area contributed by atoms with Gasteiger partial charge in [0.1, 0.15) is 17.4 Å². The molecular formula is C23H19F2N3O4. The molecule has 32 heavy (non-hydrogen) atoms. The van der Waals surface area contributed by atoms with Crippen LogP contribution in [0.5, 0.6) is 5.75 Å². The molecule has 0 saturated heterocycles. The molecule has 0 saturated carbocycles. The Kier molecular flexibility index (Phi) is 6.79. The van der Waals surface area contributed by atoms with Gasteiger partial charge >= 0.3 is 0 Å². The minimum absolute atomic E-state index is 0.0261. The van der Waals surface area contributed by atoms with Crippen LogP contribution in [0, 0.1) is 11.6 Å². The van der Waals surface area contributed by atoms with Crippen molar-refractivity contribution < 1.29 is 28.3 Å². The summed E-state index contributed by atoms with van der Waals surface area (Å²) in [5.41, 5.74) is 1.11. The predicted octanol–water partition coefficient (Wildman–Crippen LogP) is 3.21. The lowest BCUT2D eigenvalue weighted by Crippen LogP contribution is -2.23. The normalized spacial score (nSPS) is 10.3. The Balaban J connectivity index is 1.63. The summed E-state index contributed by atoms with van der Waals surface area (Å²) in [4.78, 5) is 36.1. The standard InChI is InChI=1S/C23H19F2N3O4/c1-26-21(30)14-4-2-13(3-5-14)12-27-23(32)19-7-6-18(11-20(19)29)28-22(31)15-8-16(24)10-17(25)9-15/h2-11,29H,12H2,1H3,(H,26,30)(H,27,32)(H,28,31). The van der Waals surface area contributed by atoms with Crippen molar-refractivity contribution in [1.29, 1.82) is 0 Å². The highest BCUT2D eigenvalue weighted by Gasteiger charge is 2.14. The molecule has 0 aliphatic rings. The first-order valence-electron chi connectivity index (χ1n) is 9.46. The largest absolute Gasteiger partial charge is 0.507 e. The van der Waals surface area contributed by atoms with Gasteiger partial charge in [0.15, 0.2) is 0 Å². The SMILES string of the molecule is CNC(=O)c1ccc(CNC(=O)c2ccc(NC(=O)c3cc(F)cc(F)c3)cc2O)cc1. The van der Waals surface area contributed by atoms with Gasteiger partial charge in [0.25, 0.3) is 17.7 Å². The Labute approximate surface area is 182 Å². The number of benzene rings is 3. The molecule has 7 nitrogen and oxygen atoms in total.